The number of hydrogen-bond donors (Lipinski definition) is 2. The van der Waals surface area contributed by atoms with Crippen molar-refractivity contribution in [1.29, 1.82) is 0 Å². The number of H-pyrrole nitrogens is 1. The second-order valence-electron chi connectivity index (χ2n) is 5.39. The molecule has 1 aliphatic rings. The molecule has 1 aliphatic heterocycles. The van der Waals surface area contributed by atoms with Crippen LogP contribution >= 0.6 is 0 Å². The summed E-state index contributed by atoms with van der Waals surface area (Å²) in [7, 11) is 0. The second kappa shape index (κ2) is 6.49. The lowest BCUT2D eigenvalue weighted by atomic mass is 10.0. The van der Waals surface area contributed by atoms with E-state index in [1.165, 1.54) is 11.8 Å². The highest BCUT2D eigenvalue weighted by atomic mass is 16.2. The molecule has 1 aromatic carbocycles. The molecule has 3 rings (SSSR count). The average molecular weight is 285 g/mol. The maximum absolute atomic E-state index is 12.0. The first kappa shape index (κ1) is 13.8. The van der Waals surface area contributed by atoms with Crippen molar-refractivity contribution in [2.24, 2.45) is 0 Å². The van der Waals surface area contributed by atoms with E-state index in [4.69, 9.17) is 0 Å². The number of amides is 1. The summed E-state index contributed by atoms with van der Waals surface area (Å²) in [5, 5.41) is 13.0. The molecule has 0 saturated carbocycles. The number of nitrogens with zero attached hydrogens (tertiary/aromatic N) is 3. The molecule has 2 heterocycles. The van der Waals surface area contributed by atoms with E-state index in [0.717, 1.165) is 32.5 Å². The topological polar surface area (TPSA) is 73.9 Å². The molecule has 1 aromatic heterocycles. The molecule has 1 atom stereocenters. The molecule has 2 aromatic rings. The van der Waals surface area contributed by atoms with Gasteiger partial charge in [0.2, 0.25) is 0 Å². The van der Waals surface area contributed by atoms with Crippen molar-refractivity contribution < 1.29 is 4.79 Å². The number of piperidine rings is 1. The zero-order valence-corrected chi connectivity index (χ0v) is 11.8. The van der Waals surface area contributed by atoms with Crippen molar-refractivity contribution in [2.75, 3.05) is 13.1 Å². The summed E-state index contributed by atoms with van der Waals surface area (Å²) in [4.78, 5) is 14.4. The van der Waals surface area contributed by atoms with Crippen LogP contribution in [0.4, 0.5) is 0 Å². The molecule has 0 spiro atoms. The van der Waals surface area contributed by atoms with Crippen LogP contribution < -0.4 is 5.32 Å². The third kappa shape index (κ3) is 3.66. The van der Waals surface area contributed by atoms with E-state index in [2.05, 4.69) is 49.9 Å². The molecular weight excluding hydrogens is 266 g/mol. The third-order valence-electron chi connectivity index (χ3n) is 3.74. The maximum atomic E-state index is 12.0. The Kier molecular flexibility index (Phi) is 4.25. The number of carbonyl (C=O) groups is 1. The van der Waals surface area contributed by atoms with Gasteiger partial charge in [0.1, 0.15) is 0 Å². The first-order valence-corrected chi connectivity index (χ1v) is 7.24. The lowest BCUT2D eigenvalue weighted by Gasteiger charge is -2.33. The van der Waals surface area contributed by atoms with E-state index in [1.54, 1.807) is 0 Å². The standard InChI is InChI=1S/C15H19N5O/c21-15(14-9-16-19-18-14)17-13-7-4-8-20(11-13)10-12-5-2-1-3-6-12/h1-3,5-6,9,13H,4,7-8,10-11H2,(H,17,21)(H,16,18,19). The minimum absolute atomic E-state index is 0.157. The number of aromatic nitrogens is 3. The van der Waals surface area contributed by atoms with Gasteiger partial charge in [0.05, 0.1) is 6.20 Å². The third-order valence-corrected chi connectivity index (χ3v) is 3.74. The van der Waals surface area contributed by atoms with Gasteiger partial charge in [-0.3, -0.25) is 9.69 Å². The number of rotatable bonds is 4. The maximum Gasteiger partial charge on any atom is 0.273 e. The zero-order chi connectivity index (χ0) is 14.5. The summed E-state index contributed by atoms with van der Waals surface area (Å²) in [6.45, 7) is 2.88. The van der Waals surface area contributed by atoms with Gasteiger partial charge in [0.25, 0.3) is 5.91 Å². The summed E-state index contributed by atoms with van der Waals surface area (Å²) in [5.41, 5.74) is 1.65. The molecule has 110 valence electrons. The van der Waals surface area contributed by atoms with Gasteiger partial charge in [-0.2, -0.15) is 15.4 Å². The Morgan fingerprint density at radius 2 is 2.24 bits per heavy atom. The van der Waals surface area contributed by atoms with Crippen molar-refractivity contribution in [3.8, 4) is 0 Å². The summed E-state index contributed by atoms with van der Waals surface area (Å²) >= 11 is 0. The van der Waals surface area contributed by atoms with Gasteiger partial charge in [-0.1, -0.05) is 30.3 Å². The fourth-order valence-corrected chi connectivity index (χ4v) is 2.73. The number of benzene rings is 1. The lowest BCUT2D eigenvalue weighted by molar-refractivity contribution is 0.0895. The Hall–Kier alpha value is -2.21. The Morgan fingerprint density at radius 1 is 1.38 bits per heavy atom. The smallest absolute Gasteiger partial charge is 0.273 e. The number of hydrogen-bond acceptors (Lipinski definition) is 4. The van der Waals surface area contributed by atoms with E-state index in [-0.39, 0.29) is 11.9 Å². The SMILES string of the molecule is O=C(NC1CCCN(Cc2ccccc2)C1)c1cn[nH]n1. The van der Waals surface area contributed by atoms with Crippen molar-refractivity contribution in [2.45, 2.75) is 25.4 Å². The minimum Gasteiger partial charge on any atom is -0.347 e. The van der Waals surface area contributed by atoms with Crippen LogP contribution in [0.3, 0.4) is 0 Å². The van der Waals surface area contributed by atoms with E-state index in [1.807, 2.05) is 6.07 Å². The van der Waals surface area contributed by atoms with Crippen molar-refractivity contribution in [1.82, 2.24) is 25.6 Å². The van der Waals surface area contributed by atoms with E-state index >= 15 is 0 Å². The fourth-order valence-electron chi connectivity index (χ4n) is 2.73. The van der Waals surface area contributed by atoms with Crippen LogP contribution in [-0.2, 0) is 6.54 Å². The quantitative estimate of drug-likeness (QED) is 0.885. The Balaban J connectivity index is 1.55. The predicted octanol–water partition coefficient (Wildman–Crippen LogP) is 1.20. The average Bonchev–Trinajstić information content (AvgIpc) is 3.03. The second-order valence-corrected chi connectivity index (χ2v) is 5.39. The molecule has 0 aliphatic carbocycles. The molecule has 1 fully saturated rings. The monoisotopic (exact) mass is 285 g/mol. The fraction of sp³-hybridized carbons (Fsp3) is 0.400. The molecule has 0 radical (unpaired) electrons. The normalized spacial score (nSPS) is 19.3. The van der Waals surface area contributed by atoms with Crippen LogP contribution in [0.25, 0.3) is 0 Å². The summed E-state index contributed by atoms with van der Waals surface area (Å²) in [6, 6.07) is 10.6. The van der Waals surface area contributed by atoms with Gasteiger partial charge in [-0.15, -0.1) is 0 Å². The largest absolute Gasteiger partial charge is 0.347 e. The van der Waals surface area contributed by atoms with E-state index < -0.39 is 0 Å². The van der Waals surface area contributed by atoms with Crippen LogP contribution in [0.1, 0.15) is 28.9 Å². The van der Waals surface area contributed by atoms with Crippen molar-refractivity contribution in [3.05, 3.63) is 47.8 Å². The highest BCUT2D eigenvalue weighted by molar-refractivity contribution is 5.92. The lowest BCUT2D eigenvalue weighted by Crippen LogP contribution is -2.47. The van der Waals surface area contributed by atoms with E-state index in [9.17, 15) is 4.79 Å². The first-order valence-electron chi connectivity index (χ1n) is 7.24. The number of carbonyl (C=O) groups excluding carboxylic acids is 1. The number of nitrogens with one attached hydrogen (secondary N) is 2. The van der Waals surface area contributed by atoms with Crippen molar-refractivity contribution in [3.63, 3.8) is 0 Å². The number of likely N-dealkylation sites (tertiary alicyclic amines) is 1. The van der Waals surface area contributed by atoms with Crippen molar-refractivity contribution >= 4 is 5.91 Å². The summed E-state index contributed by atoms with van der Waals surface area (Å²) in [6.07, 6.45) is 3.55. The molecule has 1 saturated heterocycles. The zero-order valence-electron chi connectivity index (χ0n) is 11.8. The molecule has 21 heavy (non-hydrogen) atoms. The predicted molar refractivity (Wildman–Crippen MR) is 78.6 cm³/mol. The van der Waals surface area contributed by atoms with Crippen LogP contribution in [0, 0.1) is 0 Å². The van der Waals surface area contributed by atoms with Crippen LogP contribution in [-0.4, -0.2) is 45.3 Å². The number of aromatic amines is 1. The minimum atomic E-state index is -0.157. The molecule has 6 heteroatoms. The molecule has 6 nitrogen and oxygen atoms in total. The van der Waals surface area contributed by atoms with Gasteiger partial charge in [-0.25, -0.2) is 0 Å². The molecule has 2 N–H and O–H groups in total. The van der Waals surface area contributed by atoms with Gasteiger partial charge < -0.3 is 5.32 Å². The Labute approximate surface area is 123 Å². The van der Waals surface area contributed by atoms with Crippen LogP contribution in [0.5, 0.6) is 0 Å². The molecule has 1 amide bonds. The first-order chi connectivity index (χ1) is 10.3. The molecule has 0 bridgehead atoms. The summed E-state index contributed by atoms with van der Waals surface area (Å²) < 4.78 is 0. The summed E-state index contributed by atoms with van der Waals surface area (Å²) in [5.74, 6) is -0.157. The Bertz CT molecular complexity index is 569. The van der Waals surface area contributed by atoms with Gasteiger partial charge in [0, 0.05) is 19.1 Å². The molecule has 1 unspecified atom stereocenters. The van der Waals surface area contributed by atoms with E-state index in [0.29, 0.717) is 5.69 Å². The molecular formula is C15H19N5O. The van der Waals surface area contributed by atoms with Crippen LogP contribution in [0.2, 0.25) is 0 Å². The van der Waals surface area contributed by atoms with Gasteiger partial charge in [0.15, 0.2) is 5.69 Å². The van der Waals surface area contributed by atoms with Gasteiger partial charge >= 0.3 is 0 Å². The van der Waals surface area contributed by atoms with Gasteiger partial charge in [-0.05, 0) is 24.9 Å². The highest BCUT2D eigenvalue weighted by Crippen LogP contribution is 2.14. The van der Waals surface area contributed by atoms with Crippen LogP contribution in [0.15, 0.2) is 36.5 Å². The highest BCUT2D eigenvalue weighted by Gasteiger charge is 2.22. The Morgan fingerprint density at radius 3 is 3.00 bits per heavy atom.